The molecule has 1 N–H and O–H groups in total. The van der Waals surface area contributed by atoms with Crippen LogP contribution in [0.4, 0.5) is 0 Å². The Morgan fingerprint density at radius 2 is 1.58 bits per heavy atom. The van der Waals surface area contributed by atoms with E-state index in [4.69, 9.17) is 9.47 Å². The van der Waals surface area contributed by atoms with Crippen molar-refractivity contribution in [3.63, 3.8) is 0 Å². The Balaban J connectivity index is 0.948. The number of amides is 1. The van der Waals surface area contributed by atoms with Crippen molar-refractivity contribution in [2.24, 2.45) is 23.2 Å². The summed E-state index contributed by atoms with van der Waals surface area (Å²) in [4.78, 5) is 17.5. The van der Waals surface area contributed by atoms with Gasteiger partial charge in [-0.3, -0.25) is 14.6 Å². The number of nitrogens with zero attached hydrogens (tertiary/aromatic N) is 2. The molecule has 31 heavy (non-hydrogen) atoms. The van der Waals surface area contributed by atoms with E-state index >= 15 is 0 Å². The molecule has 0 unspecified atom stereocenters. The predicted octanol–water partition coefficient (Wildman–Crippen LogP) is 2.87. The Bertz CT molecular complexity index is 798. The lowest BCUT2D eigenvalue weighted by molar-refractivity contribution is -0.124. The van der Waals surface area contributed by atoms with E-state index in [0.29, 0.717) is 18.8 Å². The van der Waals surface area contributed by atoms with Crippen LogP contribution in [0.3, 0.4) is 0 Å². The quantitative estimate of drug-likeness (QED) is 0.760. The summed E-state index contributed by atoms with van der Waals surface area (Å²) in [6.07, 6.45) is 8.46. The number of nitrogens with one attached hydrogen (secondary N) is 1. The third-order valence-electron chi connectivity index (χ3n) is 8.50. The lowest BCUT2D eigenvalue weighted by Gasteiger charge is -2.57. The van der Waals surface area contributed by atoms with Gasteiger partial charge in [-0.2, -0.15) is 0 Å². The van der Waals surface area contributed by atoms with E-state index < -0.39 is 0 Å². The topological polar surface area (TPSA) is 54.0 Å². The molecule has 7 rings (SSSR count). The summed E-state index contributed by atoms with van der Waals surface area (Å²) in [7, 11) is 0. The maximum atomic E-state index is 12.7. The second kappa shape index (κ2) is 7.96. The molecule has 6 aliphatic rings. The van der Waals surface area contributed by atoms with Gasteiger partial charge in [0.1, 0.15) is 0 Å². The largest absolute Gasteiger partial charge is 0.454 e. The summed E-state index contributed by atoms with van der Waals surface area (Å²) in [5.74, 6) is 4.75. The average molecular weight is 426 g/mol. The van der Waals surface area contributed by atoms with Crippen molar-refractivity contribution in [1.29, 1.82) is 0 Å². The van der Waals surface area contributed by atoms with Crippen molar-refractivity contribution in [3.8, 4) is 11.5 Å². The Morgan fingerprint density at radius 3 is 2.29 bits per heavy atom. The van der Waals surface area contributed by atoms with E-state index in [-0.39, 0.29) is 5.91 Å². The van der Waals surface area contributed by atoms with Gasteiger partial charge in [0.05, 0.1) is 6.54 Å². The predicted molar refractivity (Wildman–Crippen MR) is 118 cm³/mol. The molecule has 1 aromatic carbocycles. The Hall–Kier alpha value is -1.79. The van der Waals surface area contributed by atoms with E-state index in [1.807, 2.05) is 6.07 Å². The van der Waals surface area contributed by atoms with Crippen molar-refractivity contribution in [1.82, 2.24) is 15.1 Å². The fourth-order valence-electron chi connectivity index (χ4n) is 7.45. The van der Waals surface area contributed by atoms with Crippen LogP contribution in [0.2, 0.25) is 0 Å². The van der Waals surface area contributed by atoms with E-state index in [1.165, 1.54) is 44.1 Å². The van der Waals surface area contributed by atoms with Gasteiger partial charge in [0, 0.05) is 39.3 Å². The molecule has 2 heterocycles. The normalized spacial score (nSPS) is 34.3. The van der Waals surface area contributed by atoms with Gasteiger partial charge in [-0.1, -0.05) is 6.07 Å². The molecule has 0 spiro atoms. The highest BCUT2D eigenvalue weighted by atomic mass is 16.7. The zero-order valence-electron chi connectivity index (χ0n) is 18.5. The average Bonchev–Trinajstić information content (AvgIpc) is 3.21. The lowest BCUT2D eigenvalue weighted by atomic mass is 9.49. The van der Waals surface area contributed by atoms with Crippen LogP contribution in [0.1, 0.15) is 44.1 Å². The molecule has 0 aromatic heterocycles. The number of carbonyl (C=O) groups excluding carboxylic acids is 1. The number of piperazine rings is 1. The number of ether oxygens (including phenoxy) is 2. The van der Waals surface area contributed by atoms with Gasteiger partial charge >= 0.3 is 0 Å². The molecule has 0 radical (unpaired) electrons. The number of carbonyl (C=O) groups is 1. The first-order valence-corrected chi connectivity index (χ1v) is 12.2. The zero-order chi connectivity index (χ0) is 20.8. The monoisotopic (exact) mass is 425 g/mol. The highest BCUT2D eigenvalue weighted by Gasteiger charge is 2.50. The summed E-state index contributed by atoms with van der Waals surface area (Å²) >= 11 is 0. The summed E-state index contributed by atoms with van der Waals surface area (Å²) in [5, 5.41) is 3.34. The van der Waals surface area contributed by atoms with E-state index in [1.54, 1.807) is 0 Å². The van der Waals surface area contributed by atoms with Crippen LogP contribution in [0, 0.1) is 23.2 Å². The Morgan fingerprint density at radius 1 is 0.935 bits per heavy atom. The number of fused-ring (bicyclic) bond motifs is 1. The summed E-state index contributed by atoms with van der Waals surface area (Å²) < 4.78 is 10.9. The molecule has 2 aliphatic heterocycles. The van der Waals surface area contributed by atoms with Crippen molar-refractivity contribution in [2.75, 3.05) is 46.1 Å². The first-order chi connectivity index (χ1) is 15.1. The van der Waals surface area contributed by atoms with E-state index in [9.17, 15) is 4.79 Å². The van der Waals surface area contributed by atoms with Gasteiger partial charge in [-0.05, 0) is 79.4 Å². The standard InChI is InChI=1S/C25H35N3O3/c29-24(26-16-25-11-19-7-20(12-25)9-21(8-19)13-25)15-28-5-3-27(4-6-28)14-18-1-2-22-23(10-18)31-17-30-22/h1-2,10,19-21H,3-9,11-17H2,(H,26,29). The highest BCUT2D eigenvalue weighted by Crippen LogP contribution is 2.59. The first kappa shape index (κ1) is 19.9. The van der Waals surface area contributed by atoms with Crippen molar-refractivity contribution >= 4 is 5.91 Å². The van der Waals surface area contributed by atoms with Crippen molar-refractivity contribution < 1.29 is 14.3 Å². The number of rotatable bonds is 6. The third kappa shape index (κ3) is 4.17. The molecule has 4 bridgehead atoms. The minimum atomic E-state index is 0.222. The molecule has 1 aromatic rings. The minimum absolute atomic E-state index is 0.222. The SMILES string of the molecule is O=C(CN1CCN(Cc2ccc3c(c2)OCO3)CC1)NCC12CC3CC(CC(C3)C1)C2. The van der Waals surface area contributed by atoms with Gasteiger partial charge in [-0.15, -0.1) is 0 Å². The zero-order valence-corrected chi connectivity index (χ0v) is 18.5. The van der Waals surface area contributed by atoms with Crippen molar-refractivity contribution in [3.05, 3.63) is 23.8 Å². The smallest absolute Gasteiger partial charge is 0.234 e. The van der Waals surface area contributed by atoms with Crippen LogP contribution in [0.15, 0.2) is 18.2 Å². The molecule has 5 fully saturated rings. The Kier molecular flexibility index (Phi) is 5.10. The fraction of sp³-hybridized carbons (Fsp3) is 0.720. The third-order valence-corrected chi connectivity index (χ3v) is 8.50. The highest BCUT2D eigenvalue weighted by molar-refractivity contribution is 5.78. The molecule has 168 valence electrons. The maximum Gasteiger partial charge on any atom is 0.234 e. The molecule has 6 heteroatoms. The molecular weight excluding hydrogens is 390 g/mol. The molecule has 1 saturated heterocycles. The van der Waals surface area contributed by atoms with Gasteiger partial charge < -0.3 is 14.8 Å². The van der Waals surface area contributed by atoms with Crippen LogP contribution >= 0.6 is 0 Å². The molecular formula is C25H35N3O3. The molecule has 4 saturated carbocycles. The molecule has 6 nitrogen and oxygen atoms in total. The van der Waals surface area contributed by atoms with Gasteiger partial charge in [-0.25, -0.2) is 0 Å². The number of benzene rings is 1. The number of hydrogen-bond acceptors (Lipinski definition) is 5. The van der Waals surface area contributed by atoms with Crippen LogP contribution in [0.5, 0.6) is 11.5 Å². The lowest BCUT2D eigenvalue weighted by Crippen LogP contribution is -2.53. The Labute approximate surface area is 185 Å². The van der Waals surface area contributed by atoms with E-state index in [2.05, 4.69) is 27.2 Å². The second-order valence-electron chi connectivity index (χ2n) is 10.9. The summed E-state index contributed by atoms with van der Waals surface area (Å²) in [5.41, 5.74) is 1.68. The summed E-state index contributed by atoms with van der Waals surface area (Å²) in [6.45, 7) is 6.60. The van der Waals surface area contributed by atoms with Crippen LogP contribution in [-0.2, 0) is 11.3 Å². The van der Waals surface area contributed by atoms with Gasteiger partial charge in [0.15, 0.2) is 11.5 Å². The second-order valence-corrected chi connectivity index (χ2v) is 10.9. The van der Waals surface area contributed by atoms with Crippen LogP contribution < -0.4 is 14.8 Å². The fourth-order valence-corrected chi connectivity index (χ4v) is 7.45. The molecule has 0 atom stereocenters. The van der Waals surface area contributed by atoms with Crippen LogP contribution in [-0.4, -0.2) is 61.8 Å². The van der Waals surface area contributed by atoms with Gasteiger partial charge in [0.25, 0.3) is 0 Å². The number of hydrogen-bond donors (Lipinski definition) is 1. The summed E-state index contributed by atoms with van der Waals surface area (Å²) in [6, 6.07) is 6.21. The van der Waals surface area contributed by atoms with E-state index in [0.717, 1.165) is 68.5 Å². The maximum absolute atomic E-state index is 12.7. The molecule has 4 aliphatic carbocycles. The van der Waals surface area contributed by atoms with Gasteiger partial charge in [0.2, 0.25) is 12.7 Å². The first-order valence-electron chi connectivity index (χ1n) is 12.2. The van der Waals surface area contributed by atoms with Crippen LogP contribution in [0.25, 0.3) is 0 Å². The van der Waals surface area contributed by atoms with Crippen molar-refractivity contribution in [2.45, 2.75) is 45.1 Å². The minimum Gasteiger partial charge on any atom is -0.454 e. The molecule has 1 amide bonds.